The predicted molar refractivity (Wildman–Crippen MR) is 98.4 cm³/mol. The van der Waals surface area contributed by atoms with E-state index in [1.165, 1.54) is 12.3 Å². The number of nitrogens with one attached hydrogen (secondary N) is 2. The summed E-state index contributed by atoms with van der Waals surface area (Å²) in [6.07, 6.45) is 1.41. The standard InChI is InChI=1S/C17H15Cl2N3O3/c1-2-25-12-8-6-11(7-9-12)10-20-22-17(24)16(23)21-14-5-3-4-13(18)15(14)19/h3-10H,2H2,1H3,(H,21,23)(H,22,24). The van der Waals surface area contributed by atoms with Crippen molar-refractivity contribution in [2.24, 2.45) is 5.10 Å². The summed E-state index contributed by atoms with van der Waals surface area (Å²) in [7, 11) is 0. The molecule has 0 saturated carbocycles. The number of nitrogens with zero attached hydrogens (tertiary/aromatic N) is 1. The van der Waals surface area contributed by atoms with E-state index in [1.54, 1.807) is 36.4 Å². The molecule has 0 heterocycles. The molecule has 6 nitrogen and oxygen atoms in total. The molecule has 2 amide bonds. The lowest BCUT2D eigenvalue weighted by molar-refractivity contribution is -0.136. The van der Waals surface area contributed by atoms with Crippen LogP contribution in [0.15, 0.2) is 47.6 Å². The first-order valence-corrected chi connectivity index (χ1v) is 8.08. The second-order valence-corrected chi connectivity index (χ2v) is 5.54. The quantitative estimate of drug-likeness (QED) is 0.474. The smallest absolute Gasteiger partial charge is 0.329 e. The van der Waals surface area contributed by atoms with Gasteiger partial charge in [0.15, 0.2) is 0 Å². The molecule has 25 heavy (non-hydrogen) atoms. The molecule has 0 fully saturated rings. The van der Waals surface area contributed by atoms with Gasteiger partial charge in [0, 0.05) is 0 Å². The molecule has 130 valence electrons. The van der Waals surface area contributed by atoms with Crippen molar-refractivity contribution >= 4 is 46.9 Å². The van der Waals surface area contributed by atoms with Crippen molar-refractivity contribution in [3.8, 4) is 5.75 Å². The highest BCUT2D eigenvalue weighted by Crippen LogP contribution is 2.29. The summed E-state index contributed by atoms with van der Waals surface area (Å²) in [6, 6.07) is 11.8. The van der Waals surface area contributed by atoms with E-state index < -0.39 is 11.8 Å². The lowest BCUT2D eigenvalue weighted by Gasteiger charge is -2.06. The van der Waals surface area contributed by atoms with E-state index in [2.05, 4.69) is 15.8 Å². The van der Waals surface area contributed by atoms with E-state index in [1.807, 2.05) is 6.92 Å². The van der Waals surface area contributed by atoms with Crippen LogP contribution in [0.2, 0.25) is 10.0 Å². The number of hydrazone groups is 1. The van der Waals surface area contributed by atoms with E-state index >= 15 is 0 Å². The van der Waals surface area contributed by atoms with Crippen LogP contribution in [0, 0.1) is 0 Å². The van der Waals surface area contributed by atoms with Crippen LogP contribution in [0.1, 0.15) is 12.5 Å². The van der Waals surface area contributed by atoms with E-state index in [-0.39, 0.29) is 15.7 Å². The minimum absolute atomic E-state index is 0.156. The Bertz CT molecular complexity index is 792. The Labute approximate surface area is 154 Å². The zero-order valence-corrected chi connectivity index (χ0v) is 14.8. The maximum atomic E-state index is 11.8. The van der Waals surface area contributed by atoms with Crippen molar-refractivity contribution in [3.63, 3.8) is 0 Å². The van der Waals surface area contributed by atoms with Gasteiger partial charge in [-0.1, -0.05) is 29.3 Å². The third kappa shape index (κ3) is 5.48. The zero-order chi connectivity index (χ0) is 18.2. The average molecular weight is 380 g/mol. The van der Waals surface area contributed by atoms with Crippen LogP contribution in [-0.2, 0) is 9.59 Å². The molecule has 0 radical (unpaired) electrons. The van der Waals surface area contributed by atoms with Crippen LogP contribution in [0.25, 0.3) is 0 Å². The summed E-state index contributed by atoms with van der Waals surface area (Å²) in [5.74, 6) is -1.10. The molecule has 2 N–H and O–H groups in total. The summed E-state index contributed by atoms with van der Waals surface area (Å²) in [4.78, 5) is 23.6. The van der Waals surface area contributed by atoms with Gasteiger partial charge in [-0.25, -0.2) is 5.43 Å². The largest absolute Gasteiger partial charge is 0.494 e. The number of halogens is 2. The number of anilines is 1. The predicted octanol–water partition coefficient (Wildman–Crippen LogP) is 3.48. The van der Waals surface area contributed by atoms with Crippen LogP contribution in [0.5, 0.6) is 5.75 Å². The highest BCUT2D eigenvalue weighted by Gasteiger charge is 2.15. The molecular formula is C17H15Cl2N3O3. The fraction of sp³-hybridized carbons (Fsp3) is 0.118. The Morgan fingerprint density at radius 3 is 2.52 bits per heavy atom. The number of ether oxygens (including phenoxy) is 1. The molecule has 0 unspecified atom stereocenters. The minimum atomic E-state index is -0.932. The monoisotopic (exact) mass is 379 g/mol. The van der Waals surface area contributed by atoms with Crippen molar-refractivity contribution in [2.45, 2.75) is 6.92 Å². The van der Waals surface area contributed by atoms with Gasteiger partial charge in [-0.2, -0.15) is 5.10 Å². The third-order valence-corrected chi connectivity index (χ3v) is 3.80. The Hall–Kier alpha value is -2.57. The van der Waals surface area contributed by atoms with Crippen molar-refractivity contribution < 1.29 is 14.3 Å². The number of hydrogen-bond acceptors (Lipinski definition) is 4. The first-order valence-electron chi connectivity index (χ1n) is 7.32. The van der Waals surface area contributed by atoms with Gasteiger partial charge < -0.3 is 10.1 Å². The van der Waals surface area contributed by atoms with E-state index in [9.17, 15) is 9.59 Å². The fourth-order valence-electron chi connectivity index (χ4n) is 1.81. The van der Waals surface area contributed by atoms with Gasteiger partial charge in [-0.05, 0) is 48.9 Å². The Morgan fingerprint density at radius 1 is 1.12 bits per heavy atom. The van der Waals surface area contributed by atoms with Crippen molar-refractivity contribution in [1.82, 2.24) is 5.43 Å². The molecule has 2 aromatic carbocycles. The first-order chi connectivity index (χ1) is 12.0. The number of rotatable bonds is 5. The minimum Gasteiger partial charge on any atom is -0.494 e. The molecule has 2 rings (SSSR count). The summed E-state index contributed by atoms with van der Waals surface area (Å²) in [6.45, 7) is 2.47. The molecule has 0 saturated heterocycles. The molecule has 0 atom stereocenters. The molecule has 8 heteroatoms. The maximum Gasteiger partial charge on any atom is 0.329 e. The van der Waals surface area contributed by atoms with E-state index in [0.29, 0.717) is 6.61 Å². The third-order valence-electron chi connectivity index (χ3n) is 2.98. The number of benzene rings is 2. The number of amides is 2. The first kappa shape index (κ1) is 18.8. The van der Waals surface area contributed by atoms with Crippen molar-refractivity contribution in [1.29, 1.82) is 0 Å². The van der Waals surface area contributed by atoms with E-state index in [0.717, 1.165) is 11.3 Å². The second kappa shape index (κ2) is 9.05. The van der Waals surface area contributed by atoms with Gasteiger partial charge in [-0.3, -0.25) is 9.59 Å². The second-order valence-electron chi connectivity index (χ2n) is 4.76. The van der Waals surface area contributed by atoms with Gasteiger partial charge >= 0.3 is 11.8 Å². The fourth-order valence-corrected chi connectivity index (χ4v) is 2.16. The van der Waals surface area contributed by atoms with Gasteiger partial charge in [-0.15, -0.1) is 0 Å². The molecule has 0 bridgehead atoms. The topological polar surface area (TPSA) is 79.8 Å². The van der Waals surface area contributed by atoms with Crippen molar-refractivity contribution in [3.05, 3.63) is 58.1 Å². The maximum absolute atomic E-state index is 11.8. The van der Waals surface area contributed by atoms with Crippen LogP contribution in [-0.4, -0.2) is 24.6 Å². The average Bonchev–Trinajstić information content (AvgIpc) is 2.60. The summed E-state index contributed by atoms with van der Waals surface area (Å²) in [5.41, 5.74) is 3.11. The SMILES string of the molecule is CCOc1ccc(C=NNC(=O)C(=O)Nc2cccc(Cl)c2Cl)cc1. The molecular weight excluding hydrogens is 365 g/mol. The van der Waals surface area contributed by atoms with Gasteiger partial charge in [0.2, 0.25) is 0 Å². The van der Waals surface area contributed by atoms with Gasteiger partial charge in [0.05, 0.1) is 28.6 Å². The van der Waals surface area contributed by atoms with Crippen LogP contribution >= 0.6 is 23.2 Å². The molecule has 0 aliphatic heterocycles. The van der Waals surface area contributed by atoms with Gasteiger partial charge in [0.25, 0.3) is 0 Å². The molecule has 0 spiro atoms. The van der Waals surface area contributed by atoms with E-state index in [4.69, 9.17) is 27.9 Å². The summed E-state index contributed by atoms with van der Waals surface area (Å²) in [5, 5.41) is 6.53. The Kier molecular flexibility index (Phi) is 6.80. The Balaban J connectivity index is 1.90. The lowest BCUT2D eigenvalue weighted by atomic mass is 10.2. The Morgan fingerprint density at radius 2 is 1.84 bits per heavy atom. The summed E-state index contributed by atoms with van der Waals surface area (Å²) >= 11 is 11.8. The molecule has 2 aromatic rings. The van der Waals surface area contributed by atoms with Gasteiger partial charge in [0.1, 0.15) is 5.75 Å². The zero-order valence-electron chi connectivity index (χ0n) is 13.3. The number of carbonyl (C=O) groups is 2. The highest BCUT2D eigenvalue weighted by molar-refractivity contribution is 6.45. The van der Waals surface area contributed by atoms with Crippen LogP contribution < -0.4 is 15.5 Å². The van der Waals surface area contributed by atoms with Crippen molar-refractivity contribution in [2.75, 3.05) is 11.9 Å². The highest BCUT2D eigenvalue weighted by atomic mass is 35.5. The van der Waals surface area contributed by atoms with Crippen LogP contribution in [0.4, 0.5) is 5.69 Å². The molecule has 0 aromatic heterocycles. The van der Waals surface area contributed by atoms with Crippen LogP contribution in [0.3, 0.4) is 0 Å². The number of carbonyl (C=O) groups excluding carboxylic acids is 2. The number of hydrogen-bond donors (Lipinski definition) is 2. The molecule has 0 aliphatic rings. The lowest BCUT2D eigenvalue weighted by Crippen LogP contribution is -2.32. The normalized spacial score (nSPS) is 10.5. The summed E-state index contributed by atoms with van der Waals surface area (Å²) < 4.78 is 5.32. The molecule has 0 aliphatic carbocycles.